The van der Waals surface area contributed by atoms with E-state index in [1.165, 1.54) is 18.4 Å². The maximum Gasteiger partial charge on any atom is 0.240 e. The number of hydrogen-bond donors (Lipinski definition) is 2. The van der Waals surface area contributed by atoms with Gasteiger partial charge in [0.2, 0.25) is 15.9 Å². The molecule has 28 heavy (non-hydrogen) atoms. The highest BCUT2D eigenvalue weighted by molar-refractivity contribution is 7.99. The Bertz CT molecular complexity index is 780. The number of carbonyl (C=O) groups excluding carboxylic acids is 1. The van der Waals surface area contributed by atoms with E-state index in [0.717, 1.165) is 44.1 Å². The number of nitrogens with one attached hydrogen (secondary N) is 2. The fourth-order valence-electron chi connectivity index (χ4n) is 4.21. The second-order valence-electron chi connectivity index (χ2n) is 7.93. The number of aryl methyl sites for hydroxylation is 2. The molecule has 1 amide bonds. The zero-order chi connectivity index (χ0) is 20.0. The summed E-state index contributed by atoms with van der Waals surface area (Å²) in [4.78, 5) is 12.5. The third-order valence-corrected chi connectivity index (χ3v) is 8.38. The van der Waals surface area contributed by atoms with Gasteiger partial charge < -0.3 is 5.32 Å². The van der Waals surface area contributed by atoms with Crippen molar-refractivity contribution in [2.45, 2.75) is 80.4 Å². The van der Waals surface area contributed by atoms with E-state index in [1.54, 1.807) is 6.07 Å². The minimum absolute atomic E-state index is 0.0275. The fraction of sp³-hybridized carbons (Fsp3) is 0.667. The van der Waals surface area contributed by atoms with Crippen LogP contribution < -0.4 is 10.0 Å². The average molecular weight is 425 g/mol. The Hall–Kier alpha value is -1.05. The highest BCUT2D eigenvalue weighted by Crippen LogP contribution is 2.27. The first kappa shape index (κ1) is 21.7. The van der Waals surface area contributed by atoms with Gasteiger partial charge in [-0.05, 0) is 80.9 Å². The van der Waals surface area contributed by atoms with Gasteiger partial charge in [0.15, 0.2) is 0 Å². The molecule has 0 aromatic heterocycles. The molecule has 2 aliphatic carbocycles. The molecule has 1 aromatic rings. The maximum absolute atomic E-state index is 12.5. The van der Waals surface area contributed by atoms with Gasteiger partial charge in [0.05, 0.1) is 4.90 Å². The summed E-state index contributed by atoms with van der Waals surface area (Å²) in [5.74, 6) is 0.0275. The maximum atomic E-state index is 12.5. The molecule has 1 saturated carbocycles. The van der Waals surface area contributed by atoms with Crippen molar-refractivity contribution in [1.82, 2.24) is 10.0 Å². The van der Waals surface area contributed by atoms with Crippen LogP contribution in [0, 0.1) is 0 Å². The highest BCUT2D eigenvalue weighted by atomic mass is 32.2. The van der Waals surface area contributed by atoms with Crippen molar-refractivity contribution in [3.63, 3.8) is 0 Å². The molecule has 156 valence electrons. The van der Waals surface area contributed by atoms with Crippen LogP contribution in [0.4, 0.5) is 0 Å². The number of rotatable bonds is 8. The van der Waals surface area contributed by atoms with E-state index < -0.39 is 10.0 Å². The predicted octanol–water partition coefficient (Wildman–Crippen LogP) is 3.41. The summed E-state index contributed by atoms with van der Waals surface area (Å²) in [6.07, 6.45) is 11.8. The number of benzene rings is 1. The van der Waals surface area contributed by atoms with E-state index in [1.807, 2.05) is 23.9 Å². The van der Waals surface area contributed by atoms with Crippen LogP contribution >= 0.6 is 11.8 Å². The summed E-state index contributed by atoms with van der Waals surface area (Å²) in [5.41, 5.74) is 2.43. The smallest absolute Gasteiger partial charge is 0.240 e. The predicted molar refractivity (Wildman–Crippen MR) is 115 cm³/mol. The lowest BCUT2D eigenvalue weighted by atomic mass is 9.92. The summed E-state index contributed by atoms with van der Waals surface area (Å²) in [5, 5.41) is 3.76. The molecule has 0 bridgehead atoms. The molecule has 0 heterocycles. The number of amides is 1. The first-order chi connectivity index (χ1) is 13.5. The Kier molecular flexibility index (Phi) is 7.83. The minimum Gasteiger partial charge on any atom is -0.353 e. The van der Waals surface area contributed by atoms with Gasteiger partial charge >= 0.3 is 0 Å². The normalized spacial score (nSPS) is 22.5. The second-order valence-corrected chi connectivity index (χ2v) is 10.8. The van der Waals surface area contributed by atoms with Gasteiger partial charge in [0.25, 0.3) is 0 Å². The Balaban J connectivity index is 1.42. The molecule has 2 N–H and O–H groups in total. The minimum atomic E-state index is -3.51. The zero-order valence-electron chi connectivity index (χ0n) is 16.7. The first-order valence-corrected chi connectivity index (χ1v) is 13.2. The first-order valence-electron chi connectivity index (χ1n) is 10.4. The molecule has 7 heteroatoms. The molecule has 5 nitrogen and oxygen atoms in total. The second kappa shape index (κ2) is 10.1. The van der Waals surface area contributed by atoms with Gasteiger partial charge in [-0.3, -0.25) is 4.79 Å². The van der Waals surface area contributed by atoms with Gasteiger partial charge in [-0.1, -0.05) is 12.5 Å². The van der Waals surface area contributed by atoms with E-state index in [0.29, 0.717) is 23.0 Å². The number of carbonyl (C=O) groups is 1. The van der Waals surface area contributed by atoms with E-state index in [4.69, 9.17) is 0 Å². The molecule has 3 rings (SSSR count). The van der Waals surface area contributed by atoms with Crippen molar-refractivity contribution < 1.29 is 13.2 Å². The molecule has 0 saturated heterocycles. The summed E-state index contributed by atoms with van der Waals surface area (Å²) in [6, 6.07) is 5.73. The summed E-state index contributed by atoms with van der Waals surface area (Å²) in [6.45, 7) is 0.283. The van der Waals surface area contributed by atoms with Gasteiger partial charge in [-0.2, -0.15) is 11.8 Å². The molecule has 0 aliphatic heterocycles. The number of thioether (sulfide) groups is 1. The lowest BCUT2D eigenvalue weighted by Crippen LogP contribution is -2.39. The van der Waals surface area contributed by atoms with Crippen LogP contribution in [0.1, 0.15) is 62.5 Å². The van der Waals surface area contributed by atoms with Crippen molar-refractivity contribution in [2.75, 3.05) is 12.8 Å². The van der Waals surface area contributed by atoms with Crippen molar-refractivity contribution >= 4 is 27.7 Å². The molecule has 2 atom stereocenters. The van der Waals surface area contributed by atoms with E-state index >= 15 is 0 Å². The molecule has 0 spiro atoms. The van der Waals surface area contributed by atoms with Gasteiger partial charge in [0, 0.05) is 24.3 Å². The molecular weight excluding hydrogens is 392 g/mol. The Morgan fingerprint density at radius 3 is 2.71 bits per heavy atom. The van der Waals surface area contributed by atoms with Crippen LogP contribution in [-0.4, -0.2) is 38.4 Å². The molecule has 1 fully saturated rings. The Morgan fingerprint density at radius 2 is 1.93 bits per heavy atom. The van der Waals surface area contributed by atoms with E-state index in [-0.39, 0.29) is 18.5 Å². The van der Waals surface area contributed by atoms with Gasteiger partial charge in [-0.25, -0.2) is 13.1 Å². The number of hydrogen-bond acceptors (Lipinski definition) is 4. The summed E-state index contributed by atoms with van der Waals surface area (Å²) in [7, 11) is -3.51. The van der Waals surface area contributed by atoms with E-state index in [9.17, 15) is 13.2 Å². The Morgan fingerprint density at radius 1 is 1.14 bits per heavy atom. The van der Waals surface area contributed by atoms with Gasteiger partial charge in [0.1, 0.15) is 0 Å². The number of sulfonamides is 1. The molecule has 1 aromatic carbocycles. The molecule has 0 radical (unpaired) electrons. The summed E-state index contributed by atoms with van der Waals surface area (Å²) < 4.78 is 27.7. The largest absolute Gasteiger partial charge is 0.353 e. The molecule has 2 aliphatic rings. The van der Waals surface area contributed by atoms with Crippen LogP contribution in [0.3, 0.4) is 0 Å². The SMILES string of the molecule is CSC1CCCC(NC(=O)CCCNS(=O)(=O)c2ccc3c(c2)CCCC3)C1. The highest BCUT2D eigenvalue weighted by Gasteiger charge is 2.22. The summed E-state index contributed by atoms with van der Waals surface area (Å²) >= 11 is 1.88. The van der Waals surface area contributed by atoms with Crippen LogP contribution in [0.15, 0.2) is 23.1 Å². The monoisotopic (exact) mass is 424 g/mol. The van der Waals surface area contributed by atoms with Crippen molar-refractivity contribution in [3.05, 3.63) is 29.3 Å². The lowest BCUT2D eigenvalue weighted by Gasteiger charge is -2.28. The average Bonchev–Trinajstić information content (AvgIpc) is 2.71. The standard InChI is InChI=1S/C21H32N2O3S2/c1-27-19-9-4-8-18(15-19)23-21(24)10-5-13-22-28(25,26)20-12-11-16-6-2-3-7-17(16)14-20/h11-12,14,18-19,22H,2-10,13,15H2,1H3,(H,23,24). The van der Waals surface area contributed by atoms with Crippen LogP contribution in [0.5, 0.6) is 0 Å². The van der Waals surface area contributed by atoms with Gasteiger partial charge in [-0.15, -0.1) is 0 Å². The fourth-order valence-corrected chi connectivity index (χ4v) is 6.16. The molecular formula is C21H32N2O3S2. The van der Waals surface area contributed by atoms with Crippen LogP contribution in [0.2, 0.25) is 0 Å². The van der Waals surface area contributed by atoms with Crippen molar-refractivity contribution in [3.8, 4) is 0 Å². The topological polar surface area (TPSA) is 75.3 Å². The lowest BCUT2D eigenvalue weighted by molar-refractivity contribution is -0.122. The zero-order valence-corrected chi connectivity index (χ0v) is 18.3. The molecule has 2 unspecified atom stereocenters. The van der Waals surface area contributed by atoms with Crippen LogP contribution in [0.25, 0.3) is 0 Å². The van der Waals surface area contributed by atoms with E-state index in [2.05, 4.69) is 16.3 Å². The third kappa shape index (κ3) is 5.97. The van der Waals surface area contributed by atoms with Crippen LogP contribution in [-0.2, 0) is 27.7 Å². The third-order valence-electron chi connectivity index (χ3n) is 5.83. The Labute approximate surface area is 173 Å². The van der Waals surface area contributed by atoms with Crippen molar-refractivity contribution in [2.24, 2.45) is 0 Å². The quantitative estimate of drug-likeness (QED) is 0.627. The number of fused-ring (bicyclic) bond motifs is 1. The van der Waals surface area contributed by atoms with Crippen molar-refractivity contribution in [1.29, 1.82) is 0 Å².